The van der Waals surface area contributed by atoms with Crippen LogP contribution in [0.3, 0.4) is 0 Å². The Morgan fingerprint density at radius 3 is 1.77 bits per heavy atom. The molecule has 2 rings (SSSR count). The predicted molar refractivity (Wildman–Crippen MR) is 266 cm³/mol. The van der Waals surface area contributed by atoms with Crippen molar-refractivity contribution >= 4 is 78.8 Å². The third kappa shape index (κ3) is 23.2. The van der Waals surface area contributed by atoms with Gasteiger partial charge in [0.15, 0.2) is 0 Å². The second-order valence-corrected chi connectivity index (χ2v) is 20.0. The van der Waals surface area contributed by atoms with Crippen LogP contribution in [0.4, 0.5) is 0 Å². The molecule has 8 atom stereocenters. The van der Waals surface area contributed by atoms with Crippen molar-refractivity contribution in [1.82, 2.24) is 37.2 Å². The summed E-state index contributed by atoms with van der Waals surface area (Å²) in [5.74, 6) is -11.4. The van der Waals surface area contributed by atoms with E-state index in [0.717, 1.165) is 5.56 Å². The molecule has 15 N–H and O–H groups in total. The predicted octanol–water partition coefficient (Wildman–Crippen LogP) is -0.863. The number of hydrogen-bond donors (Lipinski definition) is 13. The smallest absolute Gasteiger partial charge is 0.481 e. The summed E-state index contributed by atoms with van der Waals surface area (Å²) in [6.45, 7) is 7.70. The highest BCUT2D eigenvalue weighted by molar-refractivity contribution is 7.98. The van der Waals surface area contributed by atoms with Gasteiger partial charge < -0.3 is 63.4 Å². The van der Waals surface area contributed by atoms with Crippen molar-refractivity contribution in [2.45, 2.75) is 121 Å². The second kappa shape index (κ2) is 30.4. The molecule has 0 aliphatic heterocycles. The first kappa shape index (κ1) is 62.5. The van der Waals surface area contributed by atoms with E-state index in [2.05, 4.69) is 41.7 Å². The molecule has 404 valence electrons. The van der Waals surface area contributed by atoms with Crippen LogP contribution < -0.4 is 53.2 Å². The van der Waals surface area contributed by atoms with Gasteiger partial charge in [0.1, 0.15) is 42.0 Å². The molecule has 0 bridgehead atoms. The number of benzene rings is 2. The summed E-state index contributed by atoms with van der Waals surface area (Å²) in [5, 5.41) is 35.4. The lowest BCUT2D eigenvalue weighted by Crippen LogP contribution is -2.61. The van der Waals surface area contributed by atoms with Gasteiger partial charge in [0.2, 0.25) is 47.3 Å². The molecule has 8 amide bonds. The number of nitrogens with one attached hydrogen (secondary N) is 7. The molecule has 0 heterocycles. The number of phosphoric acid groups is 1. The van der Waals surface area contributed by atoms with Crippen LogP contribution in [0.25, 0.3) is 0 Å². The van der Waals surface area contributed by atoms with Crippen molar-refractivity contribution in [3.05, 3.63) is 65.7 Å². The number of aliphatic carboxylic acids is 2. The highest BCUT2D eigenvalue weighted by Gasteiger charge is 2.35. The van der Waals surface area contributed by atoms with Crippen LogP contribution in [0.1, 0.15) is 83.8 Å². The third-order valence-corrected chi connectivity index (χ3v) is 12.1. The van der Waals surface area contributed by atoms with Gasteiger partial charge in [-0.2, -0.15) is 11.8 Å². The molecule has 0 saturated carbocycles. The lowest BCUT2D eigenvalue weighted by molar-refractivity contribution is -0.143. The van der Waals surface area contributed by atoms with Gasteiger partial charge in [0.05, 0.1) is 19.0 Å². The summed E-state index contributed by atoms with van der Waals surface area (Å²) in [6, 6.07) is 4.07. The van der Waals surface area contributed by atoms with Gasteiger partial charge in [0, 0.05) is 18.8 Å². The fourth-order valence-electron chi connectivity index (χ4n) is 7.00. The fourth-order valence-corrected chi connectivity index (χ4v) is 7.87. The number of primary amides is 1. The van der Waals surface area contributed by atoms with Gasteiger partial charge in [0.25, 0.3) is 0 Å². The Balaban J connectivity index is 2.45. The number of amides is 8. The standard InChI is InChI=1S/C46H68N9O16PS/c1-24(2)20-32(40(60)49-23-36(57)50-31(46(66)67)16-17-37(58)59)52-43(63)34(22-35(47)56)54-42(62)33(21-27-12-14-29(15-13-27)71-72(68,69)70)53-41(61)30(18-19-73-6)51-45(65)39(25(3)4)55-44(64)38(48)26(5)28-10-8-7-9-11-28/h7-15,24-26,30-34,38-39H,16-23,48H2,1-6H3,(H2,47,56)(H,49,60)(H,50,57)(H,51,65)(H,52,63)(H,53,61)(H,54,62)(H,55,64)(H,58,59)(H,66,67)(H2,68,69,70)/t26?,30-,31+,32+,33+,34+,38-,39+/m1/s1. The molecule has 2 aromatic carbocycles. The summed E-state index contributed by atoms with van der Waals surface area (Å²) in [5.41, 5.74) is 12.9. The number of carbonyl (C=O) groups is 10. The summed E-state index contributed by atoms with van der Waals surface area (Å²) >= 11 is 1.34. The Morgan fingerprint density at radius 1 is 0.671 bits per heavy atom. The van der Waals surface area contributed by atoms with Gasteiger partial charge in [-0.1, -0.05) is 77.1 Å². The van der Waals surface area contributed by atoms with Gasteiger partial charge in [-0.15, -0.1) is 0 Å². The van der Waals surface area contributed by atoms with Gasteiger partial charge in [-0.05, 0) is 66.4 Å². The van der Waals surface area contributed by atoms with Crippen LogP contribution in [0.2, 0.25) is 0 Å². The molecule has 0 spiro atoms. The lowest BCUT2D eigenvalue weighted by atomic mass is 9.92. The zero-order chi connectivity index (χ0) is 55.2. The number of hydrogen-bond acceptors (Lipinski definition) is 14. The zero-order valence-corrected chi connectivity index (χ0v) is 43.0. The Kier molecular flexibility index (Phi) is 26.1. The topological polar surface area (TPSA) is 414 Å². The van der Waals surface area contributed by atoms with Crippen molar-refractivity contribution in [2.75, 3.05) is 18.6 Å². The Bertz CT molecular complexity index is 2290. The number of carboxylic acids is 2. The van der Waals surface area contributed by atoms with E-state index in [1.54, 1.807) is 53.0 Å². The van der Waals surface area contributed by atoms with Crippen LogP contribution in [0.5, 0.6) is 5.75 Å². The van der Waals surface area contributed by atoms with Crippen molar-refractivity contribution < 1.29 is 77.0 Å². The first-order valence-electron chi connectivity index (χ1n) is 23.1. The number of phosphoric ester groups is 1. The van der Waals surface area contributed by atoms with E-state index in [-0.39, 0.29) is 36.5 Å². The van der Waals surface area contributed by atoms with Gasteiger partial charge >= 0.3 is 19.8 Å². The van der Waals surface area contributed by atoms with Crippen LogP contribution in [-0.4, -0.2) is 140 Å². The Labute approximate surface area is 426 Å². The molecule has 0 saturated heterocycles. The van der Waals surface area contributed by atoms with E-state index in [1.165, 1.54) is 36.0 Å². The largest absolute Gasteiger partial charge is 0.524 e. The molecule has 27 heteroatoms. The number of thioether (sulfide) groups is 1. The summed E-state index contributed by atoms with van der Waals surface area (Å²) < 4.78 is 16.1. The third-order valence-electron chi connectivity index (χ3n) is 11.0. The molecular formula is C46H68N9O16PS. The van der Waals surface area contributed by atoms with Crippen molar-refractivity contribution in [3.63, 3.8) is 0 Å². The van der Waals surface area contributed by atoms with E-state index in [1.807, 2.05) is 18.2 Å². The number of carboxylic acid groups (broad SMARTS) is 2. The zero-order valence-electron chi connectivity index (χ0n) is 41.3. The molecule has 25 nitrogen and oxygen atoms in total. The van der Waals surface area contributed by atoms with E-state index < -0.39 is 147 Å². The monoisotopic (exact) mass is 1070 g/mol. The Hall–Kier alpha value is -6.60. The number of rotatable bonds is 32. The second-order valence-electron chi connectivity index (χ2n) is 17.8. The van der Waals surface area contributed by atoms with Crippen molar-refractivity contribution in [1.29, 1.82) is 0 Å². The number of carbonyl (C=O) groups excluding carboxylic acids is 8. The fraction of sp³-hybridized carbons (Fsp3) is 0.522. The quantitative estimate of drug-likeness (QED) is 0.0396. The van der Waals surface area contributed by atoms with Crippen molar-refractivity contribution in [3.8, 4) is 5.75 Å². The maximum atomic E-state index is 14.3. The average Bonchev–Trinajstić information content (AvgIpc) is 3.30. The molecule has 73 heavy (non-hydrogen) atoms. The normalized spacial score (nSPS) is 14.6. The molecule has 0 aliphatic carbocycles. The molecule has 0 radical (unpaired) electrons. The molecule has 2 aromatic rings. The summed E-state index contributed by atoms with van der Waals surface area (Å²) in [6.07, 6.45) is -0.518. The van der Waals surface area contributed by atoms with Crippen LogP contribution in [0, 0.1) is 11.8 Å². The number of nitrogens with two attached hydrogens (primary N) is 2. The Morgan fingerprint density at radius 2 is 1.23 bits per heavy atom. The minimum Gasteiger partial charge on any atom is -0.481 e. The summed E-state index contributed by atoms with van der Waals surface area (Å²) in [7, 11) is -4.97. The minimum absolute atomic E-state index is 0.0172. The molecular weight excluding hydrogens is 998 g/mol. The lowest BCUT2D eigenvalue weighted by Gasteiger charge is -2.29. The van der Waals surface area contributed by atoms with Crippen LogP contribution in [0.15, 0.2) is 54.6 Å². The maximum Gasteiger partial charge on any atom is 0.524 e. The molecule has 0 aromatic heterocycles. The highest BCUT2D eigenvalue weighted by Crippen LogP contribution is 2.37. The SMILES string of the molecule is CSCC[C@@H](NC(=O)[C@@H](NC(=O)[C@H](N)C(C)c1ccccc1)C(C)C)C(=O)N[C@@H](Cc1ccc(OP(=O)(O)O)cc1)C(=O)N[C@@H](CC(N)=O)C(=O)N[C@@H](CC(C)C)C(=O)NCC(=O)N[C@@H](CCC(=O)O)C(=O)O. The van der Waals surface area contributed by atoms with E-state index in [0.29, 0.717) is 5.75 Å². The average molecular weight is 1070 g/mol. The highest BCUT2D eigenvalue weighted by atomic mass is 32.2. The first-order valence-corrected chi connectivity index (χ1v) is 26.0. The van der Waals surface area contributed by atoms with Gasteiger partial charge in [-0.25, -0.2) is 9.36 Å². The van der Waals surface area contributed by atoms with E-state index in [9.17, 15) is 67.4 Å². The van der Waals surface area contributed by atoms with E-state index >= 15 is 0 Å². The van der Waals surface area contributed by atoms with Crippen LogP contribution >= 0.6 is 19.6 Å². The van der Waals surface area contributed by atoms with E-state index in [4.69, 9.17) is 16.6 Å². The molecule has 0 fully saturated rings. The van der Waals surface area contributed by atoms with Crippen molar-refractivity contribution in [2.24, 2.45) is 23.3 Å². The van der Waals surface area contributed by atoms with Gasteiger partial charge in [-0.3, -0.25) is 52.9 Å². The maximum absolute atomic E-state index is 14.3. The van der Waals surface area contributed by atoms with Crippen LogP contribution in [-0.2, 0) is 58.9 Å². The summed E-state index contributed by atoms with van der Waals surface area (Å²) in [4.78, 5) is 149. The molecule has 1 unspecified atom stereocenters. The molecule has 0 aliphatic rings. The first-order chi connectivity index (χ1) is 34.1. The minimum atomic E-state index is -4.97.